The SMILES string of the molecule is CC(OC(=O)C1=NN(C)C(=O)CC1)C(=O)Nc1ccc(Cl)cc1Cl. The van der Waals surface area contributed by atoms with Crippen LogP contribution in [0.2, 0.25) is 10.0 Å². The Morgan fingerprint density at radius 1 is 1.33 bits per heavy atom. The van der Waals surface area contributed by atoms with E-state index in [2.05, 4.69) is 10.4 Å². The van der Waals surface area contributed by atoms with Crippen molar-refractivity contribution in [3.8, 4) is 0 Å². The highest BCUT2D eigenvalue weighted by Gasteiger charge is 2.26. The van der Waals surface area contributed by atoms with Crippen molar-refractivity contribution in [2.45, 2.75) is 25.9 Å². The molecule has 0 saturated carbocycles. The Kier molecular flexibility index (Phi) is 5.80. The van der Waals surface area contributed by atoms with Gasteiger partial charge in [0.2, 0.25) is 5.91 Å². The Labute approximate surface area is 148 Å². The van der Waals surface area contributed by atoms with Crippen LogP contribution < -0.4 is 5.32 Å². The van der Waals surface area contributed by atoms with E-state index in [4.69, 9.17) is 27.9 Å². The number of hydrogen-bond acceptors (Lipinski definition) is 5. The number of hydrogen-bond donors (Lipinski definition) is 1. The number of halogens is 2. The fraction of sp³-hybridized carbons (Fsp3) is 0.333. The summed E-state index contributed by atoms with van der Waals surface area (Å²) in [5, 5.41) is 8.18. The van der Waals surface area contributed by atoms with Gasteiger partial charge in [-0.1, -0.05) is 23.2 Å². The summed E-state index contributed by atoms with van der Waals surface area (Å²) in [5.74, 6) is -1.47. The normalized spacial score (nSPS) is 15.6. The summed E-state index contributed by atoms with van der Waals surface area (Å²) in [5.41, 5.74) is 0.454. The highest BCUT2D eigenvalue weighted by atomic mass is 35.5. The molecule has 0 saturated heterocycles. The quantitative estimate of drug-likeness (QED) is 0.823. The summed E-state index contributed by atoms with van der Waals surface area (Å²) in [6.45, 7) is 1.43. The van der Waals surface area contributed by atoms with Gasteiger partial charge in [-0.05, 0) is 25.1 Å². The molecule has 1 heterocycles. The van der Waals surface area contributed by atoms with Crippen molar-refractivity contribution in [1.29, 1.82) is 0 Å². The number of esters is 1. The lowest BCUT2D eigenvalue weighted by atomic mass is 10.2. The van der Waals surface area contributed by atoms with E-state index in [1.165, 1.54) is 20.0 Å². The minimum atomic E-state index is -1.06. The van der Waals surface area contributed by atoms with Gasteiger partial charge in [-0.25, -0.2) is 9.80 Å². The fourth-order valence-corrected chi connectivity index (χ4v) is 2.38. The number of benzene rings is 1. The predicted octanol–water partition coefficient (Wildman–Crippen LogP) is 2.47. The molecule has 0 radical (unpaired) electrons. The first-order valence-electron chi connectivity index (χ1n) is 7.09. The van der Waals surface area contributed by atoms with E-state index in [0.29, 0.717) is 10.7 Å². The van der Waals surface area contributed by atoms with Gasteiger partial charge in [0, 0.05) is 24.9 Å². The lowest BCUT2D eigenvalue weighted by molar-refractivity contribution is -0.146. The molecule has 0 spiro atoms. The van der Waals surface area contributed by atoms with E-state index in [1.54, 1.807) is 12.1 Å². The van der Waals surface area contributed by atoms with Crippen LogP contribution in [-0.4, -0.2) is 41.7 Å². The van der Waals surface area contributed by atoms with Gasteiger partial charge in [0.25, 0.3) is 5.91 Å². The first kappa shape index (κ1) is 18.2. The summed E-state index contributed by atoms with van der Waals surface area (Å²) >= 11 is 11.8. The van der Waals surface area contributed by atoms with Crippen molar-refractivity contribution in [3.63, 3.8) is 0 Å². The molecule has 1 unspecified atom stereocenters. The van der Waals surface area contributed by atoms with E-state index in [0.717, 1.165) is 5.01 Å². The molecule has 24 heavy (non-hydrogen) atoms. The molecule has 0 fully saturated rings. The molecule has 1 aromatic carbocycles. The van der Waals surface area contributed by atoms with Crippen LogP contribution in [0.5, 0.6) is 0 Å². The molecule has 0 bridgehead atoms. The van der Waals surface area contributed by atoms with E-state index >= 15 is 0 Å². The Hall–Kier alpha value is -2.12. The Morgan fingerprint density at radius 2 is 2.04 bits per heavy atom. The fourth-order valence-electron chi connectivity index (χ4n) is 1.92. The smallest absolute Gasteiger partial charge is 0.355 e. The number of rotatable bonds is 4. The zero-order valence-electron chi connectivity index (χ0n) is 13.0. The molecule has 1 aromatic rings. The summed E-state index contributed by atoms with van der Waals surface area (Å²) in [4.78, 5) is 35.4. The molecule has 1 aliphatic rings. The zero-order valence-corrected chi connectivity index (χ0v) is 14.5. The highest BCUT2D eigenvalue weighted by Crippen LogP contribution is 2.25. The number of ether oxygens (including phenoxy) is 1. The Morgan fingerprint density at radius 3 is 2.67 bits per heavy atom. The third-order valence-electron chi connectivity index (χ3n) is 3.28. The van der Waals surface area contributed by atoms with E-state index in [-0.39, 0.29) is 29.5 Å². The van der Waals surface area contributed by atoms with Crippen LogP contribution in [0.3, 0.4) is 0 Å². The number of amides is 2. The highest BCUT2D eigenvalue weighted by molar-refractivity contribution is 6.38. The number of hydrazone groups is 1. The maximum atomic E-state index is 12.1. The van der Waals surface area contributed by atoms with Gasteiger partial charge in [0.05, 0.1) is 10.7 Å². The van der Waals surface area contributed by atoms with Crippen molar-refractivity contribution in [1.82, 2.24) is 5.01 Å². The second-order valence-corrected chi connectivity index (χ2v) is 5.97. The molecule has 1 atom stereocenters. The Bertz CT molecular complexity index is 721. The van der Waals surface area contributed by atoms with Crippen LogP contribution in [0, 0.1) is 0 Å². The van der Waals surface area contributed by atoms with E-state index in [1.807, 2.05) is 0 Å². The molecule has 2 rings (SSSR count). The molecule has 0 aromatic heterocycles. The van der Waals surface area contributed by atoms with Gasteiger partial charge < -0.3 is 10.1 Å². The summed E-state index contributed by atoms with van der Waals surface area (Å²) in [7, 11) is 1.45. The predicted molar refractivity (Wildman–Crippen MR) is 90.1 cm³/mol. The molecular weight excluding hydrogens is 357 g/mol. The van der Waals surface area contributed by atoms with Crippen LogP contribution in [0.15, 0.2) is 23.3 Å². The lowest BCUT2D eigenvalue weighted by Crippen LogP contribution is -2.36. The Balaban J connectivity index is 1.97. The average Bonchev–Trinajstić information content (AvgIpc) is 2.52. The molecule has 7 nitrogen and oxygen atoms in total. The maximum Gasteiger partial charge on any atom is 0.355 e. The number of nitrogens with one attached hydrogen (secondary N) is 1. The number of carbonyl (C=O) groups excluding carboxylic acids is 3. The van der Waals surface area contributed by atoms with E-state index < -0.39 is 18.0 Å². The van der Waals surface area contributed by atoms with Gasteiger partial charge in [0.15, 0.2) is 6.10 Å². The summed E-state index contributed by atoms with van der Waals surface area (Å²) < 4.78 is 5.08. The average molecular weight is 372 g/mol. The molecule has 128 valence electrons. The first-order valence-corrected chi connectivity index (χ1v) is 7.84. The lowest BCUT2D eigenvalue weighted by Gasteiger charge is -2.20. The van der Waals surface area contributed by atoms with Crippen LogP contribution in [0.4, 0.5) is 5.69 Å². The minimum absolute atomic E-state index is 0.0984. The van der Waals surface area contributed by atoms with Crippen LogP contribution in [0.25, 0.3) is 0 Å². The first-order chi connectivity index (χ1) is 11.3. The van der Waals surface area contributed by atoms with E-state index in [9.17, 15) is 14.4 Å². The second-order valence-electron chi connectivity index (χ2n) is 5.12. The van der Waals surface area contributed by atoms with Gasteiger partial charge >= 0.3 is 5.97 Å². The van der Waals surface area contributed by atoms with Gasteiger partial charge in [0.1, 0.15) is 5.71 Å². The van der Waals surface area contributed by atoms with Gasteiger partial charge in [-0.2, -0.15) is 5.10 Å². The van der Waals surface area contributed by atoms with Crippen molar-refractivity contribution >= 4 is 52.4 Å². The molecular formula is C15H15Cl2N3O4. The monoisotopic (exact) mass is 371 g/mol. The largest absolute Gasteiger partial charge is 0.448 e. The standard InChI is InChI=1S/C15H15Cl2N3O4/c1-8(14(22)18-11-4-3-9(16)7-10(11)17)24-15(23)12-5-6-13(21)20(2)19-12/h3-4,7-8H,5-6H2,1-2H3,(H,18,22). The van der Waals surface area contributed by atoms with Crippen LogP contribution in [0.1, 0.15) is 19.8 Å². The number of carbonyl (C=O) groups is 3. The third kappa shape index (κ3) is 4.46. The topological polar surface area (TPSA) is 88.1 Å². The second kappa shape index (κ2) is 7.63. The van der Waals surface area contributed by atoms with Crippen molar-refractivity contribution < 1.29 is 19.1 Å². The maximum absolute atomic E-state index is 12.1. The summed E-state index contributed by atoms with van der Waals surface area (Å²) in [6.07, 6.45) is -0.708. The molecule has 9 heteroatoms. The molecule has 2 amide bonds. The zero-order chi connectivity index (χ0) is 17.9. The summed E-state index contributed by atoms with van der Waals surface area (Å²) in [6, 6.07) is 4.60. The van der Waals surface area contributed by atoms with Crippen molar-refractivity contribution in [2.24, 2.45) is 5.10 Å². The van der Waals surface area contributed by atoms with Crippen molar-refractivity contribution in [2.75, 3.05) is 12.4 Å². The molecule has 0 aliphatic carbocycles. The third-order valence-corrected chi connectivity index (χ3v) is 3.83. The van der Waals surface area contributed by atoms with Gasteiger partial charge in [-0.15, -0.1) is 0 Å². The van der Waals surface area contributed by atoms with Crippen molar-refractivity contribution in [3.05, 3.63) is 28.2 Å². The van der Waals surface area contributed by atoms with Crippen LogP contribution >= 0.6 is 23.2 Å². The number of nitrogens with zero attached hydrogens (tertiary/aromatic N) is 2. The number of anilines is 1. The van der Waals surface area contributed by atoms with Crippen LogP contribution in [-0.2, 0) is 19.1 Å². The van der Waals surface area contributed by atoms with Gasteiger partial charge in [-0.3, -0.25) is 9.59 Å². The molecule has 1 N–H and O–H groups in total. The molecule has 1 aliphatic heterocycles. The minimum Gasteiger partial charge on any atom is -0.448 e.